The van der Waals surface area contributed by atoms with Crippen molar-refractivity contribution in [3.05, 3.63) is 28.8 Å². The van der Waals surface area contributed by atoms with E-state index in [9.17, 15) is 19.2 Å². The maximum Gasteiger partial charge on any atom is 0.310 e. The Labute approximate surface area is 215 Å². The molecule has 0 radical (unpaired) electrons. The van der Waals surface area contributed by atoms with Crippen molar-refractivity contribution in [2.45, 2.75) is 76.9 Å². The number of hydrogen-bond acceptors (Lipinski definition) is 7. The number of amides is 3. The number of benzene rings is 1. The van der Waals surface area contributed by atoms with E-state index in [0.717, 1.165) is 19.3 Å². The van der Waals surface area contributed by atoms with Crippen molar-refractivity contribution in [1.82, 2.24) is 15.5 Å². The van der Waals surface area contributed by atoms with Crippen molar-refractivity contribution in [3.63, 3.8) is 0 Å². The lowest BCUT2D eigenvalue weighted by Crippen LogP contribution is -2.60. The van der Waals surface area contributed by atoms with E-state index in [2.05, 4.69) is 10.6 Å². The van der Waals surface area contributed by atoms with Gasteiger partial charge in [-0.05, 0) is 56.2 Å². The van der Waals surface area contributed by atoms with E-state index >= 15 is 0 Å². The number of nitrogen functional groups attached to an aromatic ring is 1. The summed E-state index contributed by atoms with van der Waals surface area (Å²) in [6, 6.07) is 2.34. The minimum absolute atomic E-state index is 0.0139. The first-order valence-electron chi connectivity index (χ1n) is 12.4. The van der Waals surface area contributed by atoms with Crippen LogP contribution in [0.4, 0.5) is 5.69 Å². The highest BCUT2D eigenvalue weighted by atomic mass is 35.5. The summed E-state index contributed by atoms with van der Waals surface area (Å²) in [5.74, 6) is -1.73. The molecule has 2 heterocycles. The van der Waals surface area contributed by atoms with Gasteiger partial charge in [0.2, 0.25) is 18.1 Å². The van der Waals surface area contributed by atoms with Crippen molar-refractivity contribution in [1.29, 1.82) is 0 Å². The van der Waals surface area contributed by atoms with Gasteiger partial charge in [0, 0.05) is 18.2 Å². The number of fused-ring (bicyclic) bond motifs is 2. The van der Waals surface area contributed by atoms with E-state index in [1.807, 2.05) is 13.8 Å². The fraction of sp³-hybridized carbons (Fsp3) is 0.600. The highest BCUT2D eigenvalue weighted by Gasteiger charge is 2.53. The molecule has 0 aromatic heterocycles. The number of nitrogens with two attached hydrogens (primary N) is 1. The lowest BCUT2D eigenvalue weighted by molar-refractivity contribution is -0.165. The van der Waals surface area contributed by atoms with Gasteiger partial charge in [0.15, 0.2) is 0 Å². The smallest absolute Gasteiger partial charge is 0.310 e. The second kappa shape index (κ2) is 10.6. The van der Waals surface area contributed by atoms with Crippen LogP contribution in [0.15, 0.2) is 18.2 Å². The molecular formula is C25H33ClN4O6. The Bertz CT molecular complexity index is 1050. The number of nitrogens with zero attached hydrogens (tertiary/aromatic N) is 1. The number of cyclic esters (lactones) is 1. The molecule has 2 saturated heterocycles. The topological polar surface area (TPSA) is 140 Å². The maximum absolute atomic E-state index is 13.8. The van der Waals surface area contributed by atoms with Crippen LogP contribution in [0, 0.1) is 11.8 Å². The monoisotopic (exact) mass is 520 g/mol. The lowest BCUT2D eigenvalue weighted by Gasteiger charge is -2.38. The molecule has 3 amide bonds. The minimum Gasteiger partial charge on any atom is -0.433 e. The van der Waals surface area contributed by atoms with Gasteiger partial charge in [0.25, 0.3) is 5.91 Å². The summed E-state index contributed by atoms with van der Waals surface area (Å²) in [4.78, 5) is 53.6. The van der Waals surface area contributed by atoms with E-state index in [-0.39, 0.29) is 46.7 Å². The molecule has 6 atom stereocenters. The molecule has 2 aliphatic heterocycles. The number of piperidine rings is 1. The number of halogens is 1. The van der Waals surface area contributed by atoms with Crippen molar-refractivity contribution < 1.29 is 28.7 Å². The summed E-state index contributed by atoms with van der Waals surface area (Å²) in [5.41, 5.74) is 6.39. The number of hydrogen-bond donors (Lipinski definition) is 3. The number of rotatable bonds is 8. The molecule has 3 aliphatic rings. The molecule has 196 valence electrons. The number of nitrogens with one attached hydrogen (secondary N) is 2. The maximum atomic E-state index is 13.8. The number of carbonyl (C=O) groups excluding carboxylic acids is 4. The zero-order valence-corrected chi connectivity index (χ0v) is 21.4. The quantitative estimate of drug-likeness (QED) is 0.351. The van der Waals surface area contributed by atoms with Crippen LogP contribution in [0.25, 0.3) is 0 Å². The SMILES string of the molecule is CCO[C@@H]1OC(=O)C[C@@H]1NC(=O)[C@@H]1[C@H]2CCC(C2)N1C(=O)[C@@H](NC(=O)c1ccc(N)c(Cl)c1)C(C)C. The summed E-state index contributed by atoms with van der Waals surface area (Å²) in [6.45, 7) is 5.80. The molecule has 1 unspecified atom stereocenters. The second-order valence-electron chi connectivity index (χ2n) is 9.98. The van der Waals surface area contributed by atoms with E-state index in [1.165, 1.54) is 12.1 Å². The number of anilines is 1. The molecule has 4 rings (SSSR count). The Kier molecular flexibility index (Phi) is 7.75. The van der Waals surface area contributed by atoms with Gasteiger partial charge in [-0.1, -0.05) is 25.4 Å². The fourth-order valence-corrected chi connectivity index (χ4v) is 5.63. The van der Waals surface area contributed by atoms with Gasteiger partial charge in [-0.15, -0.1) is 0 Å². The molecule has 3 fully saturated rings. The van der Waals surface area contributed by atoms with Crippen LogP contribution < -0.4 is 16.4 Å². The number of likely N-dealkylation sites (tertiary alicyclic amines) is 1. The van der Waals surface area contributed by atoms with Gasteiger partial charge in [-0.3, -0.25) is 19.2 Å². The lowest BCUT2D eigenvalue weighted by atomic mass is 9.95. The van der Waals surface area contributed by atoms with Crippen molar-refractivity contribution >= 4 is 41.0 Å². The molecule has 11 heteroatoms. The first kappa shape index (κ1) is 26.2. The Balaban J connectivity index is 1.51. The van der Waals surface area contributed by atoms with Crippen molar-refractivity contribution in [2.24, 2.45) is 11.8 Å². The van der Waals surface area contributed by atoms with Gasteiger partial charge in [-0.25, -0.2) is 0 Å². The van der Waals surface area contributed by atoms with Crippen LogP contribution in [-0.4, -0.2) is 65.7 Å². The minimum atomic E-state index is -0.844. The Hall–Kier alpha value is -2.85. The average Bonchev–Trinajstić information content (AvgIpc) is 3.53. The van der Waals surface area contributed by atoms with Crippen LogP contribution in [0.5, 0.6) is 0 Å². The third-order valence-electron chi connectivity index (χ3n) is 7.21. The van der Waals surface area contributed by atoms with Gasteiger partial charge < -0.3 is 30.7 Å². The zero-order valence-electron chi connectivity index (χ0n) is 20.7. The predicted octanol–water partition coefficient (Wildman–Crippen LogP) is 1.85. The molecular weight excluding hydrogens is 488 g/mol. The molecule has 1 aliphatic carbocycles. The molecule has 2 bridgehead atoms. The van der Waals surface area contributed by atoms with Crippen LogP contribution in [0.2, 0.25) is 5.02 Å². The summed E-state index contributed by atoms with van der Waals surface area (Å²) < 4.78 is 10.6. The summed E-state index contributed by atoms with van der Waals surface area (Å²) in [7, 11) is 0. The Morgan fingerprint density at radius 2 is 2.03 bits per heavy atom. The van der Waals surface area contributed by atoms with Gasteiger partial charge in [0.05, 0.1) is 17.1 Å². The van der Waals surface area contributed by atoms with Gasteiger partial charge >= 0.3 is 5.97 Å². The molecule has 36 heavy (non-hydrogen) atoms. The van der Waals surface area contributed by atoms with Gasteiger partial charge in [-0.2, -0.15) is 0 Å². The largest absolute Gasteiger partial charge is 0.433 e. The molecule has 0 spiro atoms. The Morgan fingerprint density at radius 1 is 1.28 bits per heavy atom. The molecule has 4 N–H and O–H groups in total. The van der Waals surface area contributed by atoms with Crippen LogP contribution in [0.1, 0.15) is 56.8 Å². The van der Waals surface area contributed by atoms with Crippen molar-refractivity contribution in [2.75, 3.05) is 12.3 Å². The predicted molar refractivity (Wildman–Crippen MR) is 132 cm³/mol. The Morgan fingerprint density at radius 3 is 2.69 bits per heavy atom. The highest BCUT2D eigenvalue weighted by molar-refractivity contribution is 6.33. The fourth-order valence-electron chi connectivity index (χ4n) is 5.45. The van der Waals surface area contributed by atoms with Gasteiger partial charge in [0.1, 0.15) is 18.1 Å². The third kappa shape index (κ3) is 5.15. The zero-order chi connectivity index (χ0) is 26.1. The van der Waals surface area contributed by atoms with E-state index in [4.69, 9.17) is 26.8 Å². The number of esters is 1. The average molecular weight is 521 g/mol. The third-order valence-corrected chi connectivity index (χ3v) is 7.54. The summed E-state index contributed by atoms with van der Waals surface area (Å²) >= 11 is 6.07. The molecule has 1 aromatic rings. The van der Waals surface area contributed by atoms with Crippen molar-refractivity contribution in [3.8, 4) is 0 Å². The molecule has 1 aromatic carbocycles. The van der Waals surface area contributed by atoms with Crippen LogP contribution in [0.3, 0.4) is 0 Å². The molecule has 10 nitrogen and oxygen atoms in total. The summed E-state index contributed by atoms with van der Waals surface area (Å²) in [6.07, 6.45) is 1.54. The second-order valence-corrected chi connectivity index (χ2v) is 10.4. The van der Waals surface area contributed by atoms with E-state index in [1.54, 1.807) is 17.9 Å². The molecule has 1 saturated carbocycles. The summed E-state index contributed by atoms with van der Waals surface area (Å²) in [5, 5.41) is 5.97. The van der Waals surface area contributed by atoms with E-state index < -0.39 is 36.3 Å². The normalized spacial score (nSPS) is 27.8. The van der Waals surface area contributed by atoms with Crippen LogP contribution in [-0.2, 0) is 23.9 Å². The standard InChI is InChI=1S/C25H33ClN4O6/c1-4-35-25-18(11-19(31)36-25)28-23(33)21-13-5-7-15(9-13)30(21)24(34)20(12(2)3)29-22(32)14-6-8-17(27)16(26)10-14/h6,8,10,12-13,15,18,20-21,25H,4-5,7,9,11,27H2,1-3H3,(H,28,33)(H,29,32)/t13-,15?,18-,20-,21-,25+/m0/s1. The first-order chi connectivity index (χ1) is 17.1. The van der Waals surface area contributed by atoms with E-state index in [0.29, 0.717) is 12.3 Å². The number of carbonyl (C=O) groups is 4. The first-order valence-corrected chi connectivity index (χ1v) is 12.8. The number of ether oxygens (including phenoxy) is 2. The van der Waals surface area contributed by atoms with Crippen LogP contribution >= 0.6 is 11.6 Å². The highest BCUT2D eigenvalue weighted by Crippen LogP contribution is 2.43.